The molecule has 4 aromatic rings. The van der Waals surface area contributed by atoms with Gasteiger partial charge in [-0.1, -0.05) is 47.1 Å². The van der Waals surface area contributed by atoms with Crippen LogP contribution < -0.4 is 0 Å². The summed E-state index contributed by atoms with van der Waals surface area (Å²) in [5.41, 5.74) is 2.94. The Morgan fingerprint density at radius 3 is 2.54 bits per heavy atom. The number of benzene rings is 2. The Morgan fingerprint density at radius 1 is 0.875 bits per heavy atom. The first kappa shape index (κ1) is 14.3. The van der Waals surface area contributed by atoms with Gasteiger partial charge in [0, 0.05) is 11.1 Å². The summed E-state index contributed by atoms with van der Waals surface area (Å²) in [6, 6.07) is 17.6. The van der Waals surface area contributed by atoms with E-state index in [2.05, 4.69) is 20.3 Å². The lowest BCUT2D eigenvalue weighted by atomic mass is 10.1. The highest BCUT2D eigenvalue weighted by atomic mass is 16.5. The molecule has 2 aromatic carbocycles. The predicted molar refractivity (Wildman–Crippen MR) is 87.0 cm³/mol. The largest absolute Gasteiger partial charge is 0.420 e. The van der Waals surface area contributed by atoms with Crippen molar-refractivity contribution in [1.82, 2.24) is 20.3 Å². The first-order valence-electron chi connectivity index (χ1n) is 7.55. The van der Waals surface area contributed by atoms with Gasteiger partial charge in [-0.2, -0.15) is 4.98 Å². The van der Waals surface area contributed by atoms with Crippen LogP contribution in [0.3, 0.4) is 0 Å². The second-order valence-corrected chi connectivity index (χ2v) is 5.42. The molecule has 6 nitrogen and oxygen atoms in total. The van der Waals surface area contributed by atoms with E-state index in [-0.39, 0.29) is 0 Å². The maximum Gasteiger partial charge on any atom is 0.247 e. The molecule has 0 saturated carbocycles. The minimum absolute atomic E-state index is 0.304. The van der Waals surface area contributed by atoms with Crippen LogP contribution in [0.5, 0.6) is 0 Å². The third-order valence-electron chi connectivity index (χ3n) is 3.53. The van der Waals surface area contributed by atoms with E-state index >= 15 is 0 Å². The minimum Gasteiger partial charge on any atom is -0.420 e. The average Bonchev–Trinajstić information content (AvgIpc) is 3.26. The highest BCUT2D eigenvalue weighted by Crippen LogP contribution is 2.20. The van der Waals surface area contributed by atoms with Crippen LogP contribution in [0.4, 0.5) is 0 Å². The molecule has 0 N–H and O–H groups in total. The molecule has 4 rings (SSSR count). The second-order valence-electron chi connectivity index (χ2n) is 5.42. The first-order chi connectivity index (χ1) is 11.8. The van der Waals surface area contributed by atoms with Gasteiger partial charge in [-0.15, -0.1) is 10.2 Å². The van der Waals surface area contributed by atoms with Crippen LogP contribution in [-0.4, -0.2) is 20.3 Å². The first-order valence-corrected chi connectivity index (χ1v) is 7.55. The summed E-state index contributed by atoms with van der Waals surface area (Å²) in [4.78, 5) is 4.39. The van der Waals surface area contributed by atoms with E-state index in [1.54, 1.807) is 0 Å². The zero-order chi connectivity index (χ0) is 16.4. The zero-order valence-electron chi connectivity index (χ0n) is 13.0. The molecule has 0 unspecified atom stereocenters. The van der Waals surface area contributed by atoms with Gasteiger partial charge in [0.25, 0.3) is 0 Å². The Hall–Kier alpha value is -3.28. The van der Waals surface area contributed by atoms with Crippen LogP contribution in [0.2, 0.25) is 0 Å². The molecule has 6 heteroatoms. The van der Waals surface area contributed by atoms with Crippen molar-refractivity contribution < 1.29 is 8.94 Å². The van der Waals surface area contributed by atoms with Gasteiger partial charge in [0.15, 0.2) is 0 Å². The minimum atomic E-state index is 0.304. The lowest BCUT2D eigenvalue weighted by Crippen LogP contribution is -1.89. The van der Waals surface area contributed by atoms with Crippen molar-refractivity contribution in [3.05, 3.63) is 71.9 Å². The molecule has 0 atom stereocenters. The highest BCUT2D eigenvalue weighted by Gasteiger charge is 2.14. The van der Waals surface area contributed by atoms with Gasteiger partial charge in [-0.3, -0.25) is 0 Å². The van der Waals surface area contributed by atoms with Gasteiger partial charge in [-0.25, -0.2) is 0 Å². The van der Waals surface area contributed by atoms with Crippen molar-refractivity contribution >= 4 is 0 Å². The molecule has 118 valence electrons. The number of nitrogens with zero attached hydrogens (tertiary/aromatic N) is 4. The zero-order valence-corrected chi connectivity index (χ0v) is 13.0. The van der Waals surface area contributed by atoms with Crippen LogP contribution >= 0.6 is 0 Å². The van der Waals surface area contributed by atoms with Crippen molar-refractivity contribution in [1.29, 1.82) is 0 Å². The fourth-order valence-corrected chi connectivity index (χ4v) is 2.38. The van der Waals surface area contributed by atoms with Crippen LogP contribution in [0.25, 0.3) is 22.8 Å². The van der Waals surface area contributed by atoms with Crippen molar-refractivity contribution in [2.24, 2.45) is 0 Å². The van der Waals surface area contributed by atoms with Gasteiger partial charge < -0.3 is 8.94 Å². The molecular formula is C18H14N4O2. The fourth-order valence-electron chi connectivity index (χ4n) is 2.38. The van der Waals surface area contributed by atoms with Gasteiger partial charge in [0.2, 0.25) is 23.5 Å². The van der Waals surface area contributed by atoms with E-state index in [0.717, 1.165) is 16.7 Å². The topological polar surface area (TPSA) is 77.8 Å². The molecule has 0 saturated heterocycles. The lowest BCUT2D eigenvalue weighted by Gasteiger charge is -1.95. The second kappa shape index (κ2) is 6.08. The normalized spacial score (nSPS) is 10.9. The summed E-state index contributed by atoms with van der Waals surface area (Å²) < 4.78 is 10.9. The van der Waals surface area contributed by atoms with E-state index < -0.39 is 0 Å². The maximum absolute atomic E-state index is 5.66. The standard InChI is InChI=1S/C18H14N4O2/c1-12-6-5-9-14(10-12)17-19-15(24-22-17)11-16-20-21-18(23-16)13-7-3-2-4-8-13/h2-10H,11H2,1H3. The SMILES string of the molecule is Cc1cccc(-c2noc(Cc3nnc(-c4ccccc4)o3)n2)c1. The number of aromatic nitrogens is 4. The Kier molecular flexibility index (Phi) is 3.63. The van der Waals surface area contributed by atoms with Crippen LogP contribution in [0.1, 0.15) is 17.3 Å². The molecule has 0 radical (unpaired) electrons. The summed E-state index contributed by atoms with van der Waals surface area (Å²) in [5.74, 6) is 1.91. The molecule has 0 fully saturated rings. The number of hydrogen-bond donors (Lipinski definition) is 0. The van der Waals surface area contributed by atoms with Crippen LogP contribution in [0, 0.1) is 6.92 Å². The predicted octanol–water partition coefficient (Wildman–Crippen LogP) is 3.69. The number of aryl methyl sites for hydroxylation is 1. The van der Waals surface area contributed by atoms with Crippen molar-refractivity contribution in [3.8, 4) is 22.8 Å². The van der Waals surface area contributed by atoms with E-state index in [1.165, 1.54) is 0 Å². The highest BCUT2D eigenvalue weighted by molar-refractivity contribution is 5.55. The third-order valence-corrected chi connectivity index (χ3v) is 3.53. The molecule has 0 spiro atoms. The van der Waals surface area contributed by atoms with Gasteiger partial charge in [0.1, 0.15) is 6.42 Å². The molecule has 2 aromatic heterocycles. The van der Waals surface area contributed by atoms with Gasteiger partial charge in [0.05, 0.1) is 0 Å². The Bertz CT molecular complexity index is 960. The monoisotopic (exact) mass is 318 g/mol. The van der Waals surface area contributed by atoms with Gasteiger partial charge in [-0.05, 0) is 25.1 Å². The van der Waals surface area contributed by atoms with E-state index in [0.29, 0.717) is 29.9 Å². The Morgan fingerprint density at radius 2 is 1.71 bits per heavy atom. The summed E-state index contributed by atoms with van der Waals surface area (Å²) in [5, 5.41) is 12.1. The summed E-state index contributed by atoms with van der Waals surface area (Å²) >= 11 is 0. The average molecular weight is 318 g/mol. The lowest BCUT2D eigenvalue weighted by molar-refractivity contribution is 0.374. The smallest absolute Gasteiger partial charge is 0.247 e. The van der Waals surface area contributed by atoms with E-state index in [4.69, 9.17) is 8.94 Å². The Labute approximate surface area is 138 Å². The van der Waals surface area contributed by atoms with Crippen molar-refractivity contribution in [2.45, 2.75) is 13.3 Å². The van der Waals surface area contributed by atoms with Crippen LogP contribution in [-0.2, 0) is 6.42 Å². The van der Waals surface area contributed by atoms with Gasteiger partial charge >= 0.3 is 0 Å². The molecule has 0 aliphatic heterocycles. The number of hydrogen-bond acceptors (Lipinski definition) is 6. The molecule has 0 aliphatic carbocycles. The summed E-state index contributed by atoms with van der Waals surface area (Å²) in [6.07, 6.45) is 0.304. The third kappa shape index (κ3) is 2.94. The molecule has 24 heavy (non-hydrogen) atoms. The summed E-state index contributed by atoms with van der Waals surface area (Å²) in [7, 11) is 0. The fraction of sp³-hybridized carbons (Fsp3) is 0.111. The van der Waals surface area contributed by atoms with Crippen molar-refractivity contribution in [2.75, 3.05) is 0 Å². The molecule has 0 amide bonds. The molecular weight excluding hydrogens is 304 g/mol. The van der Waals surface area contributed by atoms with E-state index in [9.17, 15) is 0 Å². The number of rotatable bonds is 4. The molecule has 0 bridgehead atoms. The van der Waals surface area contributed by atoms with Crippen LogP contribution in [0.15, 0.2) is 63.5 Å². The Balaban J connectivity index is 1.54. The molecule has 2 heterocycles. The molecule has 0 aliphatic rings. The van der Waals surface area contributed by atoms with Crippen molar-refractivity contribution in [3.63, 3.8) is 0 Å². The quantitative estimate of drug-likeness (QED) is 0.571. The summed E-state index contributed by atoms with van der Waals surface area (Å²) in [6.45, 7) is 2.02. The van der Waals surface area contributed by atoms with E-state index in [1.807, 2.05) is 61.5 Å². The maximum atomic E-state index is 5.66.